The van der Waals surface area contributed by atoms with Gasteiger partial charge in [-0.3, -0.25) is 0 Å². The Morgan fingerprint density at radius 1 is 1.47 bits per heavy atom. The highest BCUT2D eigenvalue weighted by molar-refractivity contribution is 9.10. The van der Waals surface area contributed by atoms with Gasteiger partial charge in [0.25, 0.3) is 0 Å². The lowest BCUT2D eigenvalue weighted by molar-refractivity contribution is 0.318. The molecule has 4 nitrogen and oxygen atoms in total. The molecule has 0 saturated carbocycles. The number of benzene rings is 1. The van der Waals surface area contributed by atoms with Crippen molar-refractivity contribution in [1.29, 1.82) is 0 Å². The molecule has 0 bridgehead atoms. The summed E-state index contributed by atoms with van der Waals surface area (Å²) >= 11 is 3.18. The minimum absolute atomic E-state index is 0.0366. The summed E-state index contributed by atoms with van der Waals surface area (Å²) in [5, 5.41) is 3.19. The zero-order valence-corrected chi connectivity index (χ0v) is 12.0. The fraction of sp³-hybridized carbons (Fsp3) is 0.308. The van der Waals surface area contributed by atoms with Crippen molar-refractivity contribution in [1.82, 2.24) is 10.3 Å². The number of ether oxygens (including phenoxy) is 1. The first kappa shape index (κ1) is 14.0. The molecule has 1 N–H and O–H groups in total. The van der Waals surface area contributed by atoms with Crippen molar-refractivity contribution in [2.24, 2.45) is 0 Å². The monoisotopic (exact) mass is 328 g/mol. The maximum absolute atomic E-state index is 13.6. The van der Waals surface area contributed by atoms with Gasteiger partial charge in [0, 0.05) is 11.0 Å². The molecule has 0 aliphatic heterocycles. The summed E-state index contributed by atoms with van der Waals surface area (Å²) in [6, 6.07) is 4.52. The van der Waals surface area contributed by atoms with Crippen LogP contribution in [0.5, 0.6) is 11.8 Å². The SMILES string of the molecule is CCCNCc1coc(Oc2ccc(Br)cc2F)n1. The van der Waals surface area contributed by atoms with Crippen LogP contribution in [-0.2, 0) is 6.54 Å². The maximum atomic E-state index is 13.6. The minimum Gasteiger partial charge on any atom is -0.417 e. The molecule has 1 heterocycles. The molecule has 1 aromatic heterocycles. The molecule has 2 rings (SSSR count). The fourth-order valence-corrected chi connectivity index (χ4v) is 1.79. The van der Waals surface area contributed by atoms with Crippen molar-refractivity contribution in [3.63, 3.8) is 0 Å². The predicted molar refractivity (Wildman–Crippen MR) is 72.7 cm³/mol. The second kappa shape index (κ2) is 6.68. The zero-order chi connectivity index (χ0) is 13.7. The summed E-state index contributed by atoms with van der Waals surface area (Å²) in [6.45, 7) is 3.59. The third kappa shape index (κ3) is 4.04. The molecule has 0 amide bonds. The number of oxazole rings is 1. The van der Waals surface area contributed by atoms with Gasteiger partial charge in [-0.2, -0.15) is 4.98 Å². The number of nitrogens with zero attached hydrogens (tertiary/aromatic N) is 1. The Kier molecular flexibility index (Phi) is 4.93. The van der Waals surface area contributed by atoms with Gasteiger partial charge >= 0.3 is 6.08 Å². The lowest BCUT2D eigenvalue weighted by Gasteiger charge is -2.02. The van der Waals surface area contributed by atoms with Gasteiger partial charge in [0.1, 0.15) is 6.26 Å². The highest BCUT2D eigenvalue weighted by Gasteiger charge is 2.10. The van der Waals surface area contributed by atoms with Crippen molar-refractivity contribution in [3.8, 4) is 11.8 Å². The molecule has 19 heavy (non-hydrogen) atoms. The summed E-state index contributed by atoms with van der Waals surface area (Å²) in [6.07, 6.45) is 2.58. The van der Waals surface area contributed by atoms with Gasteiger partial charge in [0.15, 0.2) is 11.6 Å². The van der Waals surface area contributed by atoms with E-state index >= 15 is 0 Å². The standard InChI is InChI=1S/C13H14BrFN2O2/c1-2-5-16-7-10-8-18-13(17-10)19-12-4-3-9(14)6-11(12)15/h3-4,6,8,16H,2,5,7H2,1H3. The Bertz CT molecular complexity index is 545. The molecule has 1 aromatic carbocycles. The Morgan fingerprint density at radius 3 is 3.05 bits per heavy atom. The lowest BCUT2D eigenvalue weighted by Crippen LogP contribution is -2.13. The van der Waals surface area contributed by atoms with Gasteiger partial charge in [-0.15, -0.1) is 0 Å². The number of nitrogens with one attached hydrogen (secondary N) is 1. The third-order valence-electron chi connectivity index (χ3n) is 2.35. The van der Waals surface area contributed by atoms with Gasteiger partial charge in [-0.1, -0.05) is 22.9 Å². The summed E-state index contributed by atoms with van der Waals surface area (Å²) in [4.78, 5) is 4.11. The van der Waals surface area contributed by atoms with Gasteiger partial charge in [-0.05, 0) is 31.2 Å². The minimum atomic E-state index is -0.474. The van der Waals surface area contributed by atoms with Crippen LogP contribution >= 0.6 is 15.9 Å². The number of rotatable bonds is 6. The quantitative estimate of drug-likeness (QED) is 0.818. The summed E-state index contributed by atoms with van der Waals surface area (Å²) in [7, 11) is 0. The fourth-order valence-electron chi connectivity index (χ4n) is 1.46. The van der Waals surface area contributed by atoms with Gasteiger partial charge in [0.2, 0.25) is 0 Å². The van der Waals surface area contributed by atoms with E-state index in [1.807, 2.05) is 0 Å². The number of aromatic nitrogens is 1. The van der Waals surface area contributed by atoms with Crippen LogP contribution in [0.1, 0.15) is 19.0 Å². The zero-order valence-electron chi connectivity index (χ0n) is 10.5. The van der Waals surface area contributed by atoms with Crippen LogP contribution in [-0.4, -0.2) is 11.5 Å². The molecular formula is C13H14BrFN2O2. The molecular weight excluding hydrogens is 315 g/mol. The van der Waals surface area contributed by atoms with Crippen molar-refractivity contribution in [2.75, 3.05) is 6.54 Å². The molecule has 0 atom stereocenters. The normalized spacial score (nSPS) is 10.7. The van der Waals surface area contributed by atoms with Crippen LogP contribution in [0.25, 0.3) is 0 Å². The summed E-state index contributed by atoms with van der Waals surface area (Å²) in [5.41, 5.74) is 0.723. The average Bonchev–Trinajstić information content (AvgIpc) is 2.81. The Labute approximate surface area is 119 Å². The smallest absolute Gasteiger partial charge is 0.399 e. The van der Waals surface area contributed by atoms with E-state index < -0.39 is 5.82 Å². The largest absolute Gasteiger partial charge is 0.417 e. The summed E-state index contributed by atoms with van der Waals surface area (Å²) in [5.74, 6) is -0.392. The van der Waals surface area contributed by atoms with Crippen molar-refractivity contribution >= 4 is 15.9 Å². The van der Waals surface area contributed by atoms with Crippen LogP contribution in [0.3, 0.4) is 0 Å². The highest BCUT2D eigenvalue weighted by atomic mass is 79.9. The van der Waals surface area contributed by atoms with E-state index in [9.17, 15) is 4.39 Å². The first-order valence-corrected chi connectivity index (χ1v) is 6.76. The number of halogens is 2. The van der Waals surface area contributed by atoms with Crippen molar-refractivity contribution in [2.45, 2.75) is 19.9 Å². The molecule has 0 unspecified atom stereocenters. The first-order chi connectivity index (χ1) is 9.19. The molecule has 2 aromatic rings. The molecule has 0 saturated heterocycles. The van der Waals surface area contributed by atoms with Gasteiger partial charge in [-0.25, -0.2) is 4.39 Å². The molecule has 0 fully saturated rings. The molecule has 102 valence electrons. The molecule has 6 heteroatoms. The summed E-state index contributed by atoms with van der Waals surface area (Å²) < 4.78 is 24.6. The van der Waals surface area contributed by atoms with Crippen LogP contribution < -0.4 is 10.1 Å². The highest BCUT2D eigenvalue weighted by Crippen LogP contribution is 2.26. The Morgan fingerprint density at radius 2 is 2.32 bits per heavy atom. The maximum Gasteiger partial charge on any atom is 0.399 e. The molecule has 0 aliphatic carbocycles. The van der Waals surface area contributed by atoms with E-state index in [1.165, 1.54) is 18.4 Å². The van der Waals surface area contributed by atoms with E-state index in [2.05, 4.69) is 33.2 Å². The topological polar surface area (TPSA) is 47.3 Å². The lowest BCUT2D eigenvalue weighted by atomic mass is 10.3. The first-order valence-electron chi connectivity index (χ1n) is 5.97. The van der Waals surface area contributed by atoms with E-state index in [0.717, 1.165) is 18.7 Å². The Balaban J connectivity index is 1.99. The predicted octanol–water partition coefficient (Wildman–Crippen LogP) is 3.87. The van der Waals surface area contributed by atoms with Crippen LogP contribution in [0, 0.1) is 5.82 Å². The molecule has 0 spiro atoms. The van der Waals surface area contributed by atoms with E-state index in [4.69, 9.17) is 9.15 Å². The molecule has 0 radical (unpaired) electrons. The Hall–Kier alpha value is -1.40. The third-order valence-corrected chi connectivity index (χ3v) is 2.85. The van der Waals surface area contributed by atoms with Crippen molar-refractivity contribution in [3.05, 3.63) is 40.4 Å². The van der Waals surface area contributed by atoms with Crippen LogP contribution in [0.2, 0.25) is 0 Å². The van der Waals surface area contributed by atoms with Crippen LogP contribution in [0.15, 0.2) is 33.4 Å². The second-order valence-electron chi connectivity index (χ2n) is 3.96. The van der Waals surface area contributed by atoms with E-state index in [-0.39, 0.29) is 11.8 Å². The van der Waals surface area contributed by atoms with Crippen molar-refractivity contribution < 1.29 is 13.5 Å². The van der Waals surface area contributed by atoms with E-state index in [0.29, 0.717) is 11.0 Å². The van der Waals surface area contributed by atoms with Gasteiger partial charge < -0.3 is 14.5 Å². The number of hydrogen-bond donors (Lipinski definition) is 1. The number of hydrogen-bond acceptors (Lipinski definition) is 4. The average molecular weight is 329 g/mol. The van der Waals surface area contributed by atoms with Crippen LogP contribution in [0.4, 0.5) is 4.39 Å². The van der Waals surface area contributed by atoms with E-state index in [1.54, 1.807) is 6.07 Å². The molecule has 0 aliphatic rings. The van der Waals surface area contributed by atoms with Gasteiger partial charge in [0.05, 0.1) is 5.69 Å². The second-order valence-corrected chi connectivity index (χ2v) is 4.87.